The van der Waals surface area contributed by atoms with E-state index in [1.807, 2.05) is 13.8 Å². The quantitative estimate of drug-likeness (QED) is 0.729. The largest absolute Gasteiger partial charge is 0.490 e. The van der Waals surface area contributed by atoms with Gasteiger partial charge in [0.25, 0.3) is 0 Å². The second-order valence-electron chi connectivity index (χ2n) is 6.48. The van der Waals surface area contributed by atoms with Crippen LogP contribution in [0.25, 0.3) is 0 Å². The van der Waals surface area contributed by atoms with Crippen molar-refractivity contribution in [2.75, 3.05) is 11.5 Å². The van der Waals surface area contributed by atoms with Crippen molar-refractivity contribution < 1.29 is 17.7 Å². The number of hydrogen-bond donors (Lipinski definition) is 0. The third-order valence-corrected chi connectivity index (χ3v) is 6.16. The summed E-state index contributed by atoms with van der Waals surface area (Å²) in [6.07, 6.45) is 2.27. The lowest BCUT2D eigenvalue weighted by Gasteiger charge is -2.39. The van der Waals surface area contributed by atoms with E-state index in [-0.39, 0.29) is 22.7 Å². The summed E-state index contributed by atoms with van der Waals surface area (Å²) in [6.45, 7) is 10.4. The van der Waals surface area contributed by atoms with Crippen molar-refractivity contribution in [1.29, 1.82) is 0 Å². The van der Waals surface area contributed by atoms with Crippen molar-refractivity contribution in [3.05, 3.63) is 11.5 Å². The van der Waals surface area contributed by atoms with Crippen LogP contribution in [0.2, 0.25) is 0 Å². The fourth-order valence-electron chi connectivity index (χ4n) is 2.66. The lowest BCUT2D eigenvalue weighted by molar-refractivity contribution is -0.0435. The molecule has 0 aromatic carbocycles. The minimum absolute atomic E-state index is 0.102. The number of sulfone groups is 1. The first-order valence-electron chi connectivity index (χ1n) is 6.82. The summed E-state index contributed by atoms with van der Waals surface area (Å²) in [7, 11) is -3.31. The molecule has 0 amide bonds. The summed E-state index contributed by atoms with van der Waals surface area (Å²) in [5.41, 5.74) is 0.213. The molecule has 0 spiro atoms. The lowest BCUT2D eigenvalue weighted by atomic mass is 9.76. The van der Waals surface area contributed by atoms with E-state index in [1.54, 1.807) is 6.08 Å². The van der Waals surface area contributed by atoms with Gasteiger partial charge in [-0.3, -0.25) is 0 Å². The van der Waals surface area contributed by atoms with Gasteiger partial charge in [0.2, 0.25) is 0 Å². The first kappa shape index (κ1) is 15.1. The average molecular weight is 286 g/mol. The van der Waals surface area contributed by atoms with E-state index in [2.05, 4.69) is 20.8 Å². The third kappa shape index (κ3) is 2.62. The molecule has 0 aromatic heterocycles. The van der Waals surface area contributed by atoms with Crippen LogP contribution in [-0.4, -0.2) is 38.2 Å². The van der Waals surface area contributed by atoms with Gasteiger partial charge >= 0.3 is 7.12 Å². The molecule has 2 aliphatic heterocycles. The maximum atomic E-state index is 11.4. The molecule has 2 aliphatic rings. The van der Waals surface area contributed by atoms with Crippen LogP contribution in [-0.2, 0) is 19.1 Å². The van der Waals surface area contributed by atoms with Crippen LogP contribution in [0.5, 0.6) is 0 Å². The lowest BCUT2D eigenvalue weighted by Crippen LogP contribution is -2.48. The predicted octanol–water partition coefficient (Wildman–Crippen LogP) is 2.00. The van der Waals surface area contributed by atoms with E-state index < -0.39 is 17.0 Å². The van der Waals surface area contributed by atoms with Gasteiger partial charge in [-0.25, -0.2) is 8.42 Å². The summed E-state index contributed by atoms with van der Waals surface area (Å²) < 4.78 is 35.1. The molecule has 2 rings (SSSR count). The molecule has 1 saturated heterocycles. The minimum Gasteiger partial charge on any atom is -0.400 e. The Hall–Kier alpha value is -0.325. The van der Waals surface area contributed by atoms with Crippen molar-refractivity contribution >= 4 is 17.0 Å². The minimum atomic E-state index is -2.91. The third-order valence-electron chi connectivity index (χ3n) is 4.65. The van der Waals surface area contributed by atoms with Gasteiger partial charge in [-0.1, -0.05) is 19.9 Å². The molecule has 0 saturated carbocycles. The molecule has 0 aromatic rings. The highest BCUT2D eigenvalue weighted by Gasteiger charge is 2.56. The van der Waals surface area contributed by atoms with Crippen molar-refractivity contribution in [1.82, 2.24) is 0 Å². The molecule has 1 fully saturated rings. The van der Waals surface area contributed by atoms with Gasteiger partial charge in [0, 0.05) is 0 Å². The summed E-state index contributed by atoms with van der Waals surface area (Å²) in [4.78, 5) is 0. The summed E-state index contributed by atoms with van der Waals surface area (Å²) in [6, 6.07) is 0. The van der Waals surface area contributed by atoms with E-state index >= 15 is 0 Å². The van der Waals surface area contributed by atoms with Gasteiger partial charge in [-0.05, 0) is 38.6 Å². The van der Waals surface area contributed by atoms with Gasteiger partial charge in [-0.15, -0.1) is 0 Å². The van der Waals surface area contributed by atoms with Crippen molar-refractivity contribution in [3.8, 4) is 0 Å². The van der Waals surface area contributed by atoms with Crippen LogP contribution in [0.15, 0.2) is 11.5 Å². The Morgan fingerprint density at radius 1 is 1.26 bits per heavy atom. The highest BCUT2D eigenvalue weighted by molar-refractivity contribution is 7.91. The standard InChI is InChI=1S/C13H23BO4S/c1-10(2)13(5)12(3,4)17-14(18-13)11-6-8-19(15,16)9-7-11/h6,10H,7-9H2,1-5H3. The smallest absolute Gasteiger partial charge is 0.400 e. The Labute approximate surface area is 116 Å². The summed E-state index contributed by atoms with van der Waals surface area (Å²) in [5, 5.41) is 0. The molecular formula is C13H23BO4S. The molecule has 4 nitrogen and oxygen atoms in total. The molecule has 6 heteroatoms. The van der Waals surface area contributed by atoms with E-state index in [1.165, 1.54) is 0 Å². The summed E-state index contributed by atoms with van der Waals surface area (Å²) >= 11 is 0. The molecule has 1 atom stereocenters. The maximum Gasteiger partial charge on any atom is 0.490 e. The van der Waals surface area contributed by atoms with Crippen molar-refractivity contribution in [3.63, 3.8) is 0 Å². The maximum absolute atomic E-state index is 11.4. The topological polar surface area (TPSA) is 52.6 Å². The predicted molar refractivity (Wildman–Crippen MR) is 76.6 cm³/mol. The van der Waals surface area contributed by atoms with Crippen LogP contribution in [0.4, 0.5) is 0 Å². The van der Waals surface area contributed by atoms with Crippen molar-refractivity contribution in [2.45, 2.75) is 52.2 Å². The molecule has 2 heterocycles. The molecule has 19 heavy (non-hydrogen) atoms. The van der Waals surface area contributed by atoms with Crippen molar-refractivity contribution in [2.24, 2.45) is 5.92 Å². The number of allylic oxidation sites excluding steroid dienone is 1. The number of rotatable bonds is 2. The zero-order valence-electron chi connectivity index (χ0n) is 12.4. The second kappa shape index (κ2) is 4.60. The SMILES string of the molecule is CC(C)C1(C)OB(C2=CCS(=O)(=O)CC2)OC1(C)C. The van der Waals surface area contributed by atoms with Crippen LogP contribution < -0.4 is 0 Å². The van der Waals surface area contributed by atoms with E-state index in [4.69, 9.17) is 9.31 Å². The molecule has 0 bridgehead atoms. The summed E-state index contributed by atoms with van der Waals surface area (Å²) in [5.74, 6) is 0.617. The zero-order chi connectivity index (χ0) is 14.5. The first-order valence-corrected chi connectivity index (χ1v) is 8.64. The Morgan fingerprint density at radius 3 is 2.32 bits per heavy atom. The Balaban J connectivity index is 2.20. The highest BCUT2D eigenvalue weighted by Crippen LogP contribution is 2.44. The Kier molecular flexibility index (Phi) is 3.65. The second-order valence-corrected chi connectivity index (χ2v) is 8.71. The van der Waals surface area contributed by atoms with E-state index in [0.717, 1.165) is 5.47 Å². The van der Waals surface area contributed by atoms with Gasteiger partial charge in [0.15, 0.2) is 9.84 Å². The molecule has 0 aliphatic carbocycles. The van der Waals surface area contributed by atoms with Gasteiger partial charge in [0.05, 0.1) is 22.7 Å². The Morgan fingerprint density at radius 2 is 1.89 bits per heavy atom. The normalized spacial score (nSPS) is 33.6. The van der Waals surface area contributed by atoms with Crippen LogP contribution in [0.1, 0.15) is 41.0 Å². The fourth-order valence-corrected chi connectivity index (χ4v) is 3.84. The highest BCUT2D eigenvalue weighted by atomic mass is 32.2. The van der Waals surface area contributed by atoms with E-state index in [9.17, 15) is 8.42 Å². The van der Waals surface area contributed by atoms with Gasteiger partial charge < -0.3 is 9.31 Å². The zero-order valence-corrected chi connectivity index (χ0v) is 13.2. The molecule has 0 radical (unpaired) electrons. The van der Waals surface area contributed by atoms with Crippen LogP contribution in [0.3, 0.4) is 0 Å². The van der Waals surface area contributed by atoms with E-state index in [0.29, 0.717) is 12.3 Å². The fraction of sp³-hybridized carbons (Fsp3) is 0.846. The first-order chi connectivity index (χ1) is 8.57. The van der Waals surface area contributed by atoms with Gasteiger partial charge in [-0.2, -0.15) is 0 Å². The molecule has 1 unspecified atom stereocenters. The Bertz CT molecular complexity index is 495. The van der Waals surface area contributed by atoms with Crippen LogP contribution >= 0.6 is 0 Å². The number of hydrogen-bond acceptors (Lipinski definition) is 4. The molecule has 108 valence electrons. The monoisotopic (exact) mass is 286 g/mol. The molecular weight excluding hydrogens is 263 g/mol. The average Bonchev–Trinajstić information content (AvgIpc) is 2.51. The van der Waals surface area contributed by atoms with Crippen LogP contribution in [0, 0.1) is 5.92 Å². The molecule has 0 N–H and O–H groups in total. The van der Waals surface area contributed by atoms with Gasteiger partial charge in [0.1, 0.15) is 0 Å².